The Bertz CT molecular complexity index is 175. The van der Waals surface area contributed by atoms with Gasteiger partial charge in [0, 0.05) is 13.1 Å². The molecular formula is C13H27NO2. The SMILES string of the molecule is CCCCCCC(O)C1CN(CC)CCO1. The van der Waals surface area contributed by atoms with Gasteiger partial charge in [0.15, 0.2) is 0 Å². The fourth-order valence-electron chi connectivity index (χ4n) is 2.22. The molecule has 0 amide bonds. The smallest absolute Gasteiger partial charge is 0.0960 e. The largest absolute Gasteiger partial charge is 0.390 e. The minimum Gasteiger partial charge on any atom is -0.390 e. The molecule has 2 unspecified atom stereocenters. The van der Waals surface area contributed by atoms with Crippen molar-refractivity contribution in [2.75, 3.05) is 26.2 Å². The maximum atomic E-state index is 10.0. The summed E-state index contributed by atoms with van der Waals surface area (Å²) in [4.78, 5) is 2.35. The minimum absolute atomic E-state index is 0.0373. The number of likely N-dealkylation sites (N-methyl/N-ethyl adjacent to an activating group) is 1. The van der Waals surface area contributed by atoms with E-state index in [0.29, 0.717) is 0 Å². The summed E-state index contributed by atoms with van der Waals surface area (Å²) >= 11 is 0. The Balaban J connectivity index is 2.16. The van der Waals surface area contributed by atoms with Crippen molar-refractivity contribution in [2.45, 2.75) is 58.2 Å². The molecule has 0 aromatic heterocycles. The number of aliphatic hydroxyl groups is 1. The van der Waals surface area contributed by atoms with Crippen molar-refractivity contribution in [1.29, 1.82) is 0 Å². The van der Waals surface area contributed by atoms with Gasteiger partial charge in [0.05, 0.1) is 18.8 Å². The van der Waals surface area contributed by atoms with E-state index in [1.807, 2.05) is 0 Å². The molecule has 1 aliphatic heterocycles. The molecule has 0 spiro atoms. The van der Waals surface area contributed by atoms with Gasteiger partial charge in [-0.25, -0.2) is 0 Å². The van der Waals surface area contributed by atoms with E-state index in [-0.39, 0.29) is 12.2 Å². The van der Waals surface area contributed by atoms with Gasteiger partial charge >= 0.3 is 0 Å². The van der Waals surface area contributed by atoms with E-state index in [1.54, 1.807) is 0 Å². The lowest BCUT2D eigenvalue weighted by molar-refractivity contribution is -0.0897. The Labute approximate surface area is 99.8 Å². The number of unbranched alkanes of at least 4 members (excludes halogenated alkanes) is 3. The fourth-order valence-corrected chi connectivity index (χ4v) is 2.22. The van der Waals surface area contributed by atoms with E-state index >= 15 is 0 Å². The van der Waals surface area contributed by atoms with Crippen LogP contribution in [0, 0.1) is 0 Å². The first-order valence-corrected chi connectivity index (χ1v) is 6.80. The second-order valence-electron chi connectivity index (χ2n) is 4.72. The molecule has 0 bridgehead atoms. The van der Waals surface area contributed by atoms with Crippen LogP contribution in [0.4, 0.5) is 0 Å². The molecule has 0 radical (unpaired) electrons. The molecule has 1 aliphatic rings. The van der Waals surface area contributed by atoms with Crippen LogP contribution in [0.3, 0.4) is 0 Å². The second-order valence-corrected chi connectivity index (χ2v) is 4.72. The molecule has 0 saturated carbocycles. The van der Waals surface area contributed by atoms with E-state index < -0.39 is 0 Å². The average Bonchev–Trinajstić information content (AvgIpc) is 2.34. The van der Waals surface area contributed by atoms with Crippen molar-refractivity contribution in [3.8, 4) is 0 Å². The number of hydrogen-bond donors (Lipinski definition) is 1. The van der Waals surface area contributed by atoms with Crippen molar-refractivity contribution in [3.05, 3.63) is 0 Å². The molecule has 1 N–H and O–H groups in total. The van der Waals surface area contributed by atoms with Crippen LogP contribution in [0.25, 0.3) is 0 Å². The predicted octanol–water partition coefficient (Wildman–Crippen LogP) is 2.04. The maximum absolute atomic E-state index is 10.0. The van der Waals surface area contributed by atoms with Crippen LogP contribution >= 0.6 is 0 Å². The molecule has 96 valence electrons. The summed E-state index contributed by atoms with van der Waals surface area (Å²) in [5.41, 5.74) is 0. The van der Waals surface area contributed by atoms with Gasteiger partial charge in [-0.3, -0.25) is 4.90 Å². The van der Waals surface area contributed by atoms with Crippen LogP contribution in [0.1, 0.15) is 46.0 Å². The molecule has 0 aromatic rings. The van der Waals surface area contributed by atoms with Crippen molar-refractivity contribution < 1.29 is 9.84 Å². The summed E-state index contributed by atoms with van der Waals surface area (Å²) in [5.74, 6) is 0. The number of nitrogens with zero attached hydrogens (tertiary/aromatic N) is 1. The molecule has 1 rings (SSSR count). The Morgan fingerprint density at radius 3 is 2.81 bits per heavy atom. The zero-order chi connectivity index (χ0) is 11.8. The van der Waals surface area contributed by atoms with Crippen molar-refractivity contribution in [3.63, 3.8) is 0 Å². The summed E-state index contributed by atoms with van der Waals surface area (Å²) in [5, 5.41) is 10.0. The van der Waals surface area contributed by atoms with Crippen LogP contribution in [-0.4, -0.2) is 48.5 Å². The quantitative estimate of drug-likeness (QED) is 0.678. The second kappa shape index (κ2) is 8.04. The maximum Gasteiger partial charge on any atom is 0.0960 e. The zero-order valence-electron chi connectivity index (χ0n) is 10.8. The van der Waals surface area contributed by atoms with Gasteiger partial charge in [-0.15, -0.1) is 0 Å². The molecule has 3 nitrogen and oxygen atoms in total. The minimum atomic E-state index is -0.272. The third kappa shape index (κ3) is 4.81. The lowest BCUT2D eigenvalue weighted by Gasteiger charge is -2.34. The summed E-state index contributed by atoms with van der Waals surface area (Å²) in [6.07, 6.45) is 5.54. The van der Waals surface area contributed by atoms with Crippen LogP contribution in [0.2, 0.25) is 0 Å². The Morgan fingerprint density at radius 2 is 2.12 bits per heavy atom. The van der Waals surface area contributed by atoms with Gasteiger partial charge in [0.2, 0.25) is 0 Å². The molecule has 1 saturated heterocycles. The first-order chi connectivity index (χ1) is 7.77. The van der Waals surface area contributed by atoms with Crippen molar-refractivity contribution >= 4 is 0 Å². The number of morpholine rings is 1. The highest BCUT2D eigenvalue weighted by Gasteiger charge is 2.25. The first kappa shape index (κ1) is 13.9. The van der Waals surface area contributed by atoms with E-state index in [2.05, 4.69) is 18.7 Å². The zero-order valence-corrected chi connectivity index (χ0v) is 10.8. The van der Waals surface area contributed by atoms with Crippen molar-refractivity contribution in [1.82, 2.24) is 4.90 Å². The van der Waals surface area contributed by atoms with Gasteiger partial charge in [0.25, 0.3) is 0 Å². The van der Waals surface area contributed by atoms with Gasteiger partial charge < -0.3 is 9.84 Å². The Hall–Kier alpha value is -0.120. The lowest BCUT2D eigenvalue weighted by atomic mass is 10.0. The fraction of sp³-hybridized carbons (Fsp3) is 1.00. The molecular weight excluding hydrogens is 202 g/mol. The normalized spacial score (nSPS) is 24.6. The van der Waals surface area contributed by atoms with Crippen LogP contribution in [-0.2, 0) is 4.74 Å². The van der Waals surface area contributed by atoms with Crippen LogP contribution in [0.5, 0.6) is 0 Å². The Morgan fingerprint density at radius 1 is 1.31 bits per heavy atom. The average molecular weight is 229 g/mol. The first-order valence-electron chi connectivity index (χ1n) is 6.80. The molecule has 0 aromatic carbocycles. The molecule has 0 aliphatic carbocycles. The molecule has 16 heavy (non-hydrogen) atoms. The van der Waals surface area contributed by atoms with E-state index in [1.165, 1.54) is 19.3 Å². The van der Waals surface area contributed by atoms with Gasteiger partial charge in [-0.05, 0) is 13.0 Å². The van der Waals surface area contributed by atoms with E-state index in [0.717, 1.165) is 39.1 Å². The van der Waals surface area contributed by atoms with Gasteiger partial charge in [-0.2, -0.15) is 0 Å². The molecule has 1 fully saturated rings. The lowest BCUT2D eigenvalue weighted by Crippen LogP contribution is -2.47. The molecule has 3 heteroatoms. The van der Waals surface area contributed by atoms with Gasteiger partial charge in [-0.1, -0.05) is 39.5 Å². The summed E-state index contributed by atoms with van der Waals surface area (Å²) in [6.45, 7) is 8.10. The number of ether oxygens (including phenoxy) is 1. The van der Waals surface area contributed by atoms with Crippen LogP contribution in [0.15, 0.2) is 0 Å². The predicted molar refractivity (Wildman–Crippen MR) is 66.6 cm³/mol. The topological polar surface area (TPSA) is 32.7 Å². The number of rotatable bonds is 7. The molecule has 1 heterocycles. The highest BCUT2D eigenvalue weighted by molar-refractivity contribution is 4.77. The van der Waals surface area contributed by atoms with Crippen LogP contribution < -0.4 is 0 Å². The third-order valence-corrected chi connectivity index (χ3v) is 3.41. The van der Waals surface area contributed by atoms with Gasteiger partial charge in [0.1, 0.15) is 0 Å². The van der Waals surface area contributed by atoms with E-state index in [9.17, 15) is 5.11 Å². The summed E-state index contributed by atoms with van der Waals surface area (Å²) in [6, 6.07) is 0. The molecule has 2 atom stereocenters. The number of aliphatic hydroxyl groups excluding tert-OH is 1. The van der Waals surface area contributed by atoms with Crippen molar-refractivity contribution in [2.24, 2.45) is 0 Å². The standard InChI is InChI=1S/C13H27NO2/c1-3-5-6-7-8-12(15)13-11-14(4-2)9-10-16-13/h12-13,15H,3-11H2,1-2H3. The third-order valence-electron chi connectivity index (χ3n) is 3.41. The highest BCUT2D eigenvalue weighted by atomic mass is 16.5. The summed E-state index contributed by atoms with van der Waals surface area (Å²) in [7, 11) is 0. The Kier molecular flexibility index (Phi) is 7.01. The van der Waals surface area contributed by atoms with E-state index in [4.69, 9.17) is 4.74 Å². The number of hydrogen-bond acceptors (Lipinski definition) is 3. The monoisotopic (exact) mass is 229 g/mol. The summed E-state index contributed by atoms with van der Waals surface area (Å²) < 4.78 is 5.64. The highest BCUT2D eigenvalue weighted by Crippen LogP contribution is 2.14.